The van der Waals surface area contributed by atoms with E-state index in [4.69, 9.17) is 19.9 Å². The fraction of sp³-hybridized carbons (Fsp3) is 0. The van der Waals surface area contributed by atoms with Gasteiger partial charge in [0, 0.05) is 35.8 Å². The molecule has 0 bridgehead atoms. The van der Waals surface area contributed by atoms with Gasteiger partial charge in [-0.05, 0) is 53.2 Å². The van der Waals surface area contributed by atoms with Gasteiger partial charge in [0.1, 0.15) is 11.6 Å². The summed E-state index contributed by atoms with van der Waals surface area (Å²) in [7, 11) is 0. The van der Waals surface area contributed by atoms with E-state index in [0.29, 0.717) is 5.95 Å². The number of para-hydroxylation sites is 2. The van der Waals surface area contributed by atoms with Gasteiger partial charge in [0.2, 0.25) is 5.95 Å². The summed E-state index contributed by atoms with van der Waals surface area (Å²) in [5.74, 6) is 2.29. The van der Waals surface area contributed by atoms with Crippen molar-refractivity contribution in [1.82, 2.24) is 33.6 Å². The third kappa shape index (κ3) is 6.29. The van der Waals surface area contributed by atoms with Gasteiger partial charge in [-0.25, -0.2) is 19.9 Å². The van der Waals surface area contributed by atoms with E-state index in [2.05, 4.69) is 184 Å². The molecule has 0 amide bonds. The Bertz CT molecular complexity index is 4550. The first-order chi connectivity index (χ1) is 35.2. The van der Waals surface area contributed by atoms with Crippen LogP contribution in [0.25, 0.3) is 105 Å². The van der Waals surface area contributed by atoms with Crippen molar-refractivity contribution in [1.29, 1.82) is 0 Å². The van der Waals surface area contributed by atoms with Crippen molar-refractivity contribution in [3.05, 3.63) is 225 Å². The zero-order valence-electron chi connectivity index (χ0n) is 38.5. The molecule has 0 N–H and O–H groups in total. The molecule has 7 nitrogen and oxygen atoms in total. The summed E-state index contributed by atoms with van der Waals surface area (Å²) in [6.45, 7) is -0.265. The van der Waals surface area contributed by atoms with Gasteiger partial charge in [0.05, 0.1) is 0 Å². The van der Waals surface area contributed by atoms with Gasteiger partial charge in [-0.15, -0.1) is 21.9 Å². The van der Waals surface area contributed by atoms with Crippen molar-refractivity contribution < 1.29 is 42.1 Å². The van der Waals surface area contributed by atoms with E-state index < -0.39 is 0 Å². The normalized spacial score (nSPS) is 12.4. The van der Waals surface area contributed by atoms with E-state index in [-0.39, 0.29) is 55.6 Å². The molecule has 0 aliphatic carbocycles. The van der Waals surface area contributed by atoms with Crippen molar-refractivity contribution in [3.63, 3.8) is 0 Å². The van der Waals surface area contributed by atoms with Gasteiger partial charge in [-0.2, -0.15) is 93.3 Å². The zero-order valence-corrected chi connectivity index (χ0v) is 43.0. The van der Waals surface area contributed by atoms with Crippen LogP contribution in [0.2, 0.25) is 0 Å². The molecule has 0 saturated carbocycles. The minimum absolute atomic E-state index is 0. The molecule has 342 valence electrons. The molecule has 73 heavy (non-hydrogen) atoms. The van der Waals surface area contributed by atoms with Crippen LogP contribution in [-0.4, -0.2) is 47.1 Å². The van der Waals surface area contributed by atoms with Crippen molar-refractivity contribution in [2.24, 2.45) is 0 Å². The van der Waals surface area contributed by atoms with Crippen LogP contribution in [0, 0.1) is 24.3 Å². The van der Waals surface area contributed by atoms with E-state index in [1.54, 1.807) is 0 Å². The average Bonchev–Trinajstić information content (AvgIpc) is 4.23. The van der Waals surface area contributed by atoms with Gasteiger partial charge >= 0.3 is 42.1 Å². The number of benzene rings is 8. The van der Waals surface area contributed by atoms with Crippen LogP contribution in [0.4, 0.5) is 0 Å². The first-order valence-corrected chi connectivity index (χ1v) is 24.0. The second-order valence-electron chi connectivity index (χ2n) is 18.6. The zero-order chi connectivity index (χ0) is 46.3. The minimum atomic E-state index is -0.134. The standard InChI is InChI=1S/C62H33B2N7.2Pt/c1-6-19-51-40(14-1)46-34-48-43-17-4-8-21-55(43)70(61-23-10-12-29-66-61)58(48)36-52(46)64(51)39-25-27-45-49-35-47-41-15-2-5-18-50(41)63(53(47)37-59(49)71(57(45)33-39)62-67-30-13-31-68-62)38-24-26-44-42-16-3-7-20-54(42)69(56(44)32-38)60-22-9-11-28-65-60;;/h1-31,34-35H;;/q-4;2*+2. The number of nitrogens with zero attached hydrogens (tertiary/aromatic N) is 7. The van der Waals surface area contributed by atoms with Crippen LogP contribution < -0.4 is 32.8 Å². The van der Waals surface area contributed by atoms with Gasteiger partial charge in [-0.3, -0.25) is 0 Å². The smallest absolute Gasteiger partial charge is 0.328 e. The number of hydrogen-bond acceptors (Lipinski definition) is 4. The Morgan fingerprint density at radius 2 is 0.753 bits per heavy atom. The van der Waals surface area contributed by atoms with Gasteiger partial charge < -0.3 is 13.7 Å². The Morgan fingerprint density at radius 3 is 1.30 bits per heavy atom. The molecule has 0 spiro atoms. The van der Waals surface area contributed by atoms with Gasteiger partial charge in [-0.1, -0.05) is 141 Å². The molecule has 2 aliphatic rings. The van der Waals surface area contributed by atoms with E-state index in [9.17, 15) is 0 Å². The molecular weight excluding hydrogens is 1250 g/mol. The summed E-state index contributed by atoms with van der Waals surface area (Å²) < 4.78 is 6.65. The number of fused-ring (bicyclic) bond motifs is 15. The topological polar surface area (TPSA) is 66.3 Å². The second-order valence-corrected chi connectivity index (χ2v) is 18.6. The van der Waals surface area contributed by atoms with Crippen LogP contribution in [0.1, 0.15) is 0 Å². The van der Waals surface area contributed by atoms with Crippen molar-refractivity contribution >= 4 is 112 Å². The van der Waals surface area contributed by atoms with Gasteiger partial charge in [0.15, 0.2) is 13.4 Å². The summed E-state index contributed by atoms with van der Waals surface area (Å²) in [5.41, 5.74) is 17.5. The first-order valence-electron chi connectivity index (χ1n) is 24.0. The average molecular weight is 1290 g/mol. The Morgan fingerprint density at radius 1 is 0.329 bits per heavy atom. The monoisotopic (exact) mass is 1290 g/mol. The summed E-state index contributed by atoms with van der Waals surface area (Å²) >= 11 is 0. The quantitative estimate of drug-likeness (QED) is 0.128. The number of rotatable bonds is 5. The van der Waals surface area contributed by atoms with E-state index in [0.717, 1.165) is 93.7 Å². The van der Waals surface area contributed by atoms with Crippen LogP contribution in [0.15, 0.2) is 201 Å². The summed E-state index contributed by atoms with van der Waals surface area (Å²) in [4.78, 5) is 19.4. The minimum Gasteiger partial charge on any atom is -0.328 e. The van der Waals surface area contributed by atoms with Crippen molar-refractivity contribution in [2.75, 3.05) is 0 Å². The molecule has 2 aliphatic heterocycles. The molecule has 8 heterocycles. The predicted molar refractivity (Wildman–Crippen MR) is 289 cm³/mol. The molecule has 0 saturated heterocycles. The summed E-state index contributed by atoms with van der Waals surface area (Å²) in [6.07, 6.45) is 7.33. The van der Waals surface area contributed by atoms with Gasteiger partial charge in [0.25, 0.3) is 0 Å². The maximum absolute atomic E-state index is 4.90. The largest absolute Gasteiger partial charge is 2.00 e. The molecule has 0 fully saturated rings. The van der Waals surface area contributed by atoms with Crippen LogP contribution in [0.5, 0.6) is 0 Å². The number of hydrogen-bond donors (Lipinski definition) is 0. The Kier molecular flexibility index (Phi) is 10.1. The third-order valence-corrected chi connectivity index (χ3v) is 15.0. The van der Waals surface area contributed by atoms with Crippen LogP contribution in [-0.2, 0) is 42.1 Å². The maximum Gasteiger partial charge on any atom is 2.00 e. The number of pyridine rings is 2. The maximum atomic E-state index is 4.90. The molecular formula is C62H33B2N7Pt2. The summed E-state index contributed by atoms with van der Waals surface area (Å²) in [5, 5.41) is 6.76. The molecule has 14 aromatic rings. The third-order valence-electron chi connectivity index (χ3n) is 15.0. The molecule has 6 aromatic heterocycles. The molecule has 11 heteroatoms. The van der Waals surface area contributed by atoms with E-state index in [1.807, 2.05) is 55.1 Å². The fourth-order valence-corrected chi connectivity index (χ4v) is 12.0. The molecule has 0 unspecified atom stereocenters. The Balaban J connectivity index is 0.00000247. The molecule has 0 radical (unpaired) electrons. The van der Waals surface area contributed by atoms with Crippen LogP contribution >= 0.6 is 0 Å². The van der Waals surface area contributed by atoms with E-state index >= 15 is 0 Å². The Hall–Kier alpha value is -7.95. The Labute approximate surface area is 448 Å². The molecule has 0 atom stereocenters. The molecule has 8 aromatic carbocycles. The van der Waals surface area contributed by atoms with Crippen molar-refractivity contribution in [2.45, 2.75) is 0 Å². The fourth-order valence-electron chi connectivity index (χ4n) is 12.0. The second kappa shape index (κ2) is 16.8. The molecule has 16 rings (SSSR count). The number of aromatic nitrogens is 7. The predicted octanol–water partition coefficient (Wildman–Crippen LogP) is 8.75. The summed E-state index contributed by atoms with van der Waals surface area (Å²) in [6, 6.07) is 78.6. The SMILES string of the molecule is [Pt+2].[Pt+2].[c-]1c(B2c3[c-]c4c(cc3-c3ccccc32)c2ccccc2n4-c2ccccn2)ccc2c3cc4c([c-]c3n(-c3ncccn3)c12)B(c1[c-]c2c(cc1)c1ccccc1n2-c1ccccn1)c1ccccc1-4. The van der Waals surface area contributed by atoms with Crippen molar-refractivity contribution in [3.8, 4) is 39.8 Å². The van der Waals surface area contributed by atoms with E-state index in [1.165, 1.54) is 38.4 Å². The van der Waals surface area contributed by atoms with Crippen LogP contribution in [0.3, 0.4) is 0 Å². The first kappa shape index (κ1) is 43.8.